The van der Waals surface area contributed by atoms with Crippen LogP contribution in [-0.2, 0) is 0 Å². The highest BCUT2D eigenvalue weighted by atomic mass is 79.9. The number of nitrogens with two attached hydrogens (primary N) is 1. The molecular formula is C16H19BrN2O. The van der Waals surface area contributed by atoms with Crippen molar-refractivity contribution < 1.29 is 4.74 Å². The molecule has 20 heavy (non-hydrogen) atoms. The number of rotatable bonds is 5. The van der Waals surface area contributed by atoms with Crippen LogP contribution in [0.1, 0.15) is 11.6 Å². The Bertz CT molecular complexity index is 574. The number of halogens is 1. The summed E-state index contributed by atoms with van der Waals surface area (Å²) in [6, 6.07) is 16.4. The quantitative estimate of drug-likeness (QED) is 0.907. The second-order valence-corrected chi connectivity index (χ2v) is 5.53. The minimum atomic E-state index is 0.125. The molecule has 0 bridgehead atoms. The number of hydrogen-bond acceptors (Lipinski definition) is 3. The minimum Gasteiger partial charge on any atom is -0.497 e. The van der Waals surface area contributed by atoms with Gasteiger partial charge >= 0.3 is 0 Å². The van der Waals surface area contributed by atoms with Crippen molar-refractivity contribution in [2.45, 2.75) is 6.04 Å². The second kappa shape index (κ2) is 6.77. The fraction of sp³-hybridized carbons (Fsp3) is 0.250. The maximum atomic E-state index is 5.98. The van der Waals surface area contributed by atoms with Gasteiger partial charge < -0.3 is 15.4 Å². The summed E-state index contributed by atoms with van der Waals surface area (Å²) in [5.74, 6) is 0.847. The van der Waals surface area contributed by atoms with E-state index in [1.165, 1.54) is 5.56 Å². The lowest BCUT2D eigenvalue weighted by molar-refractivity contribution is 0.414. The Morgan fingerprint density at radius 2 is 1.95 bits per heavy atom. The molecule has 2 aromatic rings. The summed E-state index contributed by atoms with van der Waals surface area (Å²) < 4.78 is 6.34. The third kappa shape index (κ3) is 3.32. The molecule has 0 saturated carbocycles. The van der Waals surface area contributed by atoms with E-state index in [2.05, 4.69) is 39.0 Å². The fourth-order valence-corrected chi connectivity index (χ4v) is 2.66. The van der Waals surface area contributed by atoms with Gasteiger partial charge in [-0.15, -0.1) is 0 Å². The van der Waals surface area contributed by atoms with Crippen molar-refractivity contribution in [3.8, 4) is 5.75 Å². The topological polar surface area (TPSA) is 38.5 Å². The Hall–Kier alpha value is -1.52. The summed E-state index contributed by atoms with van der Waals surface area (Å²) >= 11 is 3.51. The molecule has 1 atom stereocenters. The van der Waals surface area contributed by atoms with Gasteiger partial charge in [0.2, 0.25) is 0 Å². The van der Waals surface area contributed by atoms with Crippen LogP contribution in [0.4, 0.5) is 5.69 Å². The lowest BCUT2D eigenvalue weighted by atomic mass is 10.1. The molecule has 0 aromatic heterocycles. The average Bonchev–Trinajstić information content (AvgIpc) is 2.48. The van der Waals surface area contributed by atoms with E-state index in [1.54, 1.807) is 7.11 Å². The Morgan fingerprint density at radius 1 is 1.20 bits per heavy atom. The molecular weight excluding hydrogens is 316 g/mol. The van der Waals surface area contributed by atoms with Crippen molar-refractivity contribution in [1.82, 2.24) is 0 Å². The van der Waals surface area contributed by atoms with Crippen molar-refractivity contribution in [3.05, 3.63) is 58.6 Å². The molecule has 4 heteroatoms. The van der Waals surface area contributed by atoms with E-state index in [9.17, 15) is 0 Å². The first-order chi connectivity index (χ1) is 9.65. The molecule has 2 aromatic carbocycles. The van der Waals surface area contributed by atoms with Gasteiger partial charge in [0.1, 0.15) is 5.75 Å². The van der Waals surface area contributed by atoms with Gasteiger partial charge in [-0.25, -0.2) is 0 Å². The van der Waals surface area contributed by atoms with E-state index in [1.807, 2.05) is 37.4 Å². The zero-order valence-electron chi connectivity index (χ0n) is 11.7. The van der Waals surface area contributed by atoms with Gasteiger partial charge in [0.15, 0.2) is 0 Å². The van der Waals surface area contributed by atoms with E-state index in [0.717, 1.165) is 15.9 Å². The predicted octanol–water partition coefficient (Wildman–Crippen LogP) is 3.59. The molecule has 1 unspecified atom stereocenters. The van der Waals surface area contributed by atoms with Crippen molar-refractivity contribution in [3.63, 3.8) is 0 Å². The van der Waals surface area contributed by atoms with Gasteiger partial charge in [-0.05, 0) is 29.8 Å². The van der Waals surface area contributed by atoms with Gasteiger partial charge in [-0.1, -0.05) is 34.1 Å². The number of ether oxygens (including phenoxy) is 1. The van der Waals surface area contributed by atoms with Crippen LogP contribution in [0, 0.1) is 0 Å². The maximum Gasteiger partial charge on any atom is 0.120 e. The highest BCUT2D eigenvalue weighted by molar-refractivity contribution is 9.10. The van der Waals surface area contributed by atoms with Gasteiger partial charge in [-0.3, -0.25) is 0 Å². The molecule has 0 amide bonds. The smallest absolute Gasteiger partial charge is 0.120 e. The van der Waals surface area contributed by atoms with Gasteiger partial charge in [-0.2, -0.15) is 0 Å². The van der Waals surface area contributed by atoms with E-state index in [4.69, 9.17) is 10.5 Å². The zero-order valence-corrected chi connectivity index (χ0v) is 13.3. The normalized spacial score (nSPS) is 12.0. The lowest BCUT2D eigenvalue weighted by Crippen LogP contribution is -2.30. The van der Waals surface area contributed by atoms with Crippen LogP contribution in [0.5, 0.6) is 5.75 Å². The number of nitrogens with zero attached hydrogens (tertiary/aromatic N) is 1. The first kappa shape index (κ1) is 14.9. The summed E-state index contributed by atoms with van der Waals surface area (Å²) in [6.45, 7) is 0.546. The van der Waals surface area contributed by atoms with Crippen LogP contribution >= 0.6 is 15.9 Å². The number of anilines is 1. The number of hydrogen-bond donors (Lipinski definition) is 1. The molecule has 0 aliphatic heterocycles. The number of benzene rings is 2. The third-order valence-electron chi connectivity index (χ3n) is 3.38. The van der Waals surface area contributed by atoms with Crippen molar-refractivity contribution >= 4 is 21.6 Å². The maximum absolute atomic E-state index is 5.98. The average molecular weight is 335 g/mol. The number of methoxy groups -OCH3 is 1. The van der Waals surface area contributed by atoms with E-state index in [-0.39, 0.29) is 6.04 Å². The van der Waals surface area contributed by atoms with Crippen LogP contribution in [0.15, 0.2) is 53.0 Å². The molecule has 2 rings (SSSR count). The zero-order chi connectivity index (χ0) is 14.5. The van der Waals surface area contributed by atoms with Gasteiger partial charge in [0.05, 0.1) is 13.2 Å². The molecule has 106 valence electrons. The van der Waals surface area contributed by atoms with Crippen molar-refractivity contribution in [2.24, 2.45) is 5.73 Å². The largest absolute Gasteiger partial charge is 0.497 e. The number of likely N-dealkylation sites (N-methyl/N-ethyl adjacent to an activating group) is 1. The van der Waals surface area contributed by atoms with Gasteiger partial charge in [0.25, 0.3) is 0 Å². The molecule has 0 spiro atoms. The predicted molar refractivity (Wildman–Crippen MR) is 87.3 cm³/mol. The molecule has 0 radical (unpaired) electrons. The molecule has 3 nitrogen and oxygen atoms in total. The summed E-state index contributed by atoms with van der Waals surface area (Å²) in [6.07, 6.45) is 0. The molecule has 0 fully saturated rings. The molecule has 0 aliphatic carbocycles. The van der Waals surface area contributed by atoms with Crippen LogP contribution in [0.2, 0.25) is 0 Å². The first-order valence-electron chi connectivity index (χ1n) is 6.48. The molecule has 0 aliphatic rings. The molecule has 0 saturated heterocycles. The van der Waals surface area contributed by atoms with E-state index >= 15 is 0 Å². The summed E-state index contributed by atoms with van der Waals surface area (Å²) in [5.41, 5.74) is 8.25. The summed E-state index contributed by atoms with van der Waals surface area (Å²) in [4.78, 5) is 2.17. The first-order valence-corrected chi connectivity index (χ1v) is 7.27. The van der Waals surface area contributed by atoms with Crippen LogP contribution in [0.3, 0.4) is 0 Å². The Morgan fingerprint density at radius 3 is 2.60 bits per heavy atom. The van der Waals surface area contributed by atoms with E-state index in [0.29, 0.717) is 6.54 Å². The van der Waals surface area contributed by atoms with Crippen molar-refractivity contribution in [1.29, 1.82) is 0 Å². The summed E-state index contributed by atoms with van der Waals surface area (Å²) in [7, 11) is 3.72. The standard InChI is InChI=1S/C16H19BrN2O/c1-19(14-7-4-8-15(10-14)20-2)16(11-18)12-5-3-6-13(17)9-12/h3-10,16H,11,18H2,1-2H3. The monoisotopic (exact) mass is 334 g/mol. The van der Waals surface area contributed by atoms with Gasteiger partial charge in [0, 0.05) is 29.8 Å². The highest BCUT2D eigenvalue weighted by Crippen LogP contribution is 2.28. The highest BCUT2D eigenvalue weighted by Gasteiger charge is 2.16. The lowest BCUT2D eigenvalue weighted by Gasteiger charge is -2.30. The Kier molecular flexibility index (Phi) is 5.04. The van der Waals surface area contributed by atoms with Crippen LogP contribution in [-0.4, -0.2) is 20.7 Å². The second-order valence-electron chi connectivity index (χ2n) is 4.62. The van der Waals surface area contributed by atoms with Crippen LogP contribution < -0.4 is 15.4 Å². The van der Waals surface area contributed by atoms with Crippen LogP contribution in [0.25, 0.3) is 0 Å². The SMILES string of the molecule is COc1cccc(N(C)C(CN)c2cccc(Br)c2)c1. The molecule has 0 heterocycles. The van der Waals surface area contributed by atoms with Crippen molar-refractivity contribution in [2.75, 3.05) is 25.6 Å². The summed E-state index contributed by atoms with van der Waals surface area (Å²) in [5, 5.41) is 0. The van der Waals surface area contributed by atoms with E-state index < -0.39 is 0 Å². The minimum absolute atomic E-state index is 0.125. The Balaban J connectivity index is 2.30. The molecule has 2 N–H and O–H groups in total. The third-order valence-corrected chi connectivity index (χ3v) is 3.88. The fourth-order valence-electron chi connectivity index (χ4n) is 2.24. The Labute approximate surface area is 128 Å².